The molecule has 1 N–H and O–H groups in total. The van der Waals surface area contributed by atoms with E-state index in [-0.39, 0.29) is 12.0 Å². The van der Waals surface area contributed by atoms with Crippen LogP contribution in [0.15, 0.2) is 48.6 Å². The number of hydrogen-bond donors (Lipinski definition) is 1. The van der Waals surface area contributed by atoms with E-state index < -0.39 is 0 Å². The number of β-amino-alcohol motifs (C(OH)–C–C–N with tert-alkyl or cyclic N) is 1. The predicted molar refractivity (Wildman–Crippen MR) is 120 cm³/mol. The van der Waals surface area contributed by atoms with Crippen LogP contribution in [0.1, 0.15) is 84.0 Å². The standard InChI is InChI=1S/C25H41NO2/c1-2-3-4-5-6-7-8-9-10-11-12-13-14-15-16-17-18-21-25(28)26-22-19-20-24(27)23-26/h6-7,9-10,12-13,15-16,24,27H,2-5,8,11,14,17-23H2,1H3/b7-6-,10-9-,13-12-,16-15-. The van der Waals surface area contributed by atoms with Crippen molar-refractivity contribution in [3.05, 3.63) is 48.6 Å². The molecular formula is C25H41NO2. The first kappa shape index (κ1) is 24.4. The number of amides is 1. The van der Waals surface area contributed by atoms with Gasteiger partial charge < -0.3 is 10.0 Å². The molecule has 0 spiro atoms. The highest BCUT2D eigenvalue weighted by molar-refractivity contribution is 5.76. The molecular weight excluding hydrogens is 346 g/mol. The number of aliphatic hydroxyl groups is 1. The van der Waals surface area contributed by atoms with Crippen LogP contribution in [0.25, 0.3) is 0 Å². The Kier molecular flexibility index (Phi) is 15.3. The number of likely N-dealkylation sites (tertiary alicyclic amines) is 1. The Morgan fingerprint density at radius 1 is 0.893 bits per heavy atom. The summed E-state index contributed by atoms with van der Waals surface area (Å²) in [5.41, 5.74) is 0. The molecule has 0 aromatic heterocycles. The van der Waals surface area contributed by atoms with Crippen LogP contribution in [0.5, 0.6) is 0 Å². The number of nitrogens with zero attached hydrogens (tertiary/aromatic N) is 1. The van der Waals surface area contributed by atoms with Gasteiger partial charge in [0.05, 0.1) is 6.10 Å². The topological polar surface area (TPSA) is 40.5 Å². The maximum atomic E-state index is 12.1. The molecule has 28 heavy (non-hydrogen) atoms. The number of allylic oxidation sites excluding steroid dienone is 8. The van der Waals surface area contributed by atoms with Gasteiger partial charge >= 0.3 is 0 Å². The number of carbonyl (C=O) groups is 1. The van der Waals surface area contributed by atoms with Gasteiger partial charge in [0, 0.05) is 19.5 Å². The van der Waals surface area contributed by atoms with Gasteiger partial charge in [0.1, 0.15) is 0 Å². The summed E-state index contributed by atoms with van der Waals surface area (Å²) in [6, 6.07) is 0. The molecule has 1 aliphatic heterocycles. The van der Waals surface area contributed by atoms with Crippen molar-refractivity contribution >= 4 is 5.91 Å². The average molecular weight is 388 g/mol. The SMILES string of the molecule is CCCCC/C=C\C/C=C\C/C=C\C/C=C\CCCC(=O)N1CCCC(O)C1. The highest BCUT2D eigenvalue weighted by Crippen LogP contribution is 2.12. The van der Waals surface area contributed by atoms with Crippen molar-refractivity contribution in [1.29, 1.82) is 0 Å². The number of piperidine rings is 1. The Balaban J connectivity index is 1.95. The highest BCUT2D eigenvalue weighted by atomic mass is 16.3. The molecule has 1 saturated heterocycles. The molecule has 3 heteroatoms. The van der Waals surface area contributed by atoms with Crippen molar-refractivity contribution in [2.45, 2.75) is 90.1 Å². The molecule has 0 aromatic carbocycles. The van der Waals surface area contributed by atoms with E-state index in [1.807, 2.05) is 4.90 Å². The summed E-state index contributed by atoms with van der Waals surface area (Å²) in [5, 5.41) is 9.63. The number of unbranched alkanes of at least 4 members (excludes halogenated alkanes) is 4. The van der Waals surface area contributed by atoms with E-state index in [2.05, 4.69) is 55.5 Å². The van der Waals surface area contributed by atoms with E-state index in [1.165, 1.54) is 25.7 Å². The molecule has 1 fully saturated rings. The zero-order valence-electron chi connectivity index (χ0n) is 17.9. The van der Waals surface area contributed by atoms with Crippen LogP contribution in [0.4, 0.5) is 0 Å². The first-order valence-corrected chi connectivity index (χ1v) is 11.3. The Hall–Kier alpha value is -1.61. The number of hydrogen-bond acceptors (Lipinski definition) is 2. The molecule has 1 rings (SSSR count). The highest BCUT2D eigenvalue weighted by Gasteiger charge is 2.21. The van der Waals surface area contributed by atoms with Crippen LogP contribution < -0.4 is 0 Å². The van der Waals surface area contributed by atoms with E-state index in [4.69, 9.17) is 0 Å². The molecule has 1 unspecified atom stereocenters. The Morgan fingerprint density at radius 2 is 1.46 bits per heavy atom. The van der Waals surface area contributed by atoms with Crippen molar-refractivity contribution in [2.75, 3.05) is 13.1 Å². The van der Waals surface area contributed by atoms with E-state index in [9.17, 15) is 9.90 Å². The van der Waals surface area contributed by atoms with E-state index in [1.54, 1.807) is 0 Å². The molecule has 158 valence electrons. The summed E-state index contributed by atoms with van der Waals surface area (Å²) in [5.74, 6) is 0.189. The van der Waals surface area contributed by atoms with Gasteiger partial charge in [0.15, 0.2) is 0 Å². The number of carbonyl (C=O) groups excluding carboxylic acids is 1. The minimum absolute atomic E-state index is 0.189. The van der Waals surface area contributed by atoms with Crippen molar-refractivity contribution in [2.24, 2.45) is 0 Å². The molecule has 3 nitrogen and oxygen atoms in total. The quantitative estimate of drug-likeness (QED) is 0.288. The fraction of sp³-hybridized carbons (Fsp3) is 0.640. The summed E-state index contributed by atoms with van der Waals surface area (Å²) in [6.45, 7) is 3.56. The third kappa shape index (κ3) is 13.5. The van der Waals surface area contributed by atoms with Crippen molar-refractivity contribution < 1.29 is 9.90 Å². The van der Waals surface area contributed by atoms with Gasteiger partial charge in [-0.15, -0.1) is 0 Å². The lowest BCUT2D eigenvalue weighted by Crippen LogP contribution is -2.42. The van der Waals surface area contributed by atoms with Gasteiger partial charge in [-0.3, -0.25) is 4.79 Å². The first-order valence-electron chi connectivity index (χ1n) is 11.3. The van der Waals surface area contributed by atoms with Gasteiger partial charge in [-0.2, -0.15) is 0 Å². The average Bonchev–Trinajstić information content (AvgIpc) is 2.70. The van der Waals surface area contributed by atoms with E-state index >= 15 is 0 Å². The van der Waals surface area contributed by atoms with E-state index in [0.29, 0.717) is 13.0 Å². The summed E-state index contributed by atoms with van der Waals surface area (Å²) < 4.78 is 0. The Morgan fingerprint density at radius 3 is 2.04 bits per heavy atom. The maximum absolute atomic E-state index is 12.1. The predicted octanol–water partition coefficient (Wildman–Crippen LogP) is 6.12. The second kappa shape index (κ2) is 17.5. The molecule has 0 saturated carbocycles. The Bertz CT molecular complexity index is 505. The molecule has 0 aliphatic carbocycles. The zero-order valence-corrected chi connectivity index (χ0v) is 17.9. The molecule has 1 amide bonds. The Labute approximate surface area is 172 Å². The third-order valence-corrected chi connectivity index (χ3v) is 4.97. The van der Waals surface area contributed by atoms with Crippen LogP contribution in [0.2, 0.25) is 0 Å². The summed E-state index contributed by atoms with van der Waals surface area (Å²) in [6.07, 6.45) is 29.7. The van der Waals surface area contributed by atoms with Gasteiger partial charge in [0.25, 0.3) is 0 Å². The lowest BCUT2D eigenvalue weighted by molar-refractivity contribution is -0.134. The third-order valence-electron chi connectivity index (χ3n) is 4.97. The van der Waals surface area contributed by atoms with Crippen LogP contribution in [-0.2, 0) is 4.79 Å². The summed E-state index contributed by atoms with van der Waals surface area (Å²) in [4.78, 5) is 13.9. The monoisotopic (exact) mass is 387 g/mol. The molecule has 1 atom stereocenters. The maximum Gasteiger partial charge on any atom is 0.222 e. The van der Waals surface area contributed by atoms with Crippen LogP contribution in [-0.4, -0.2) is 35.1 Å². The second-order valence-corrected chi connectivity index (χ2v) is 7.62. The molecule has 1 heterocycles. The summed E-state index contributed by atoms with van der Waals surface area (Å²) in [7, 11) is 0. The van der Waals surface area contributed by atoms with Crippen LogP contribution in [0, 0.1) is 0 Å². The zero-order chi connectivity index (χ0) is 20.3. The normalized spacial score (nSPS) is 18.4. The lowest BCUT2D eigenvalue weighted by atomic mass is 10.1. The minimum atomic E-state index is -0.328. The second-order valence-electron chi connectivity index (χ2n) is 7.62. The van der Waals surface area contributed by atoms with Crippen molar-refractivity contribution in [1.82, 2.24) is 4.90 Å². The molecule has 0 aromatic rings. The van der Waals surface area contributed by atoms with Gasteiger partial charge in [-0.25, -0.2) is 0 Å². The van der Waals surface area contributed by atoms with Gasteiger partial charge in [-0.05, 0) is 57.8 Å². The van der Waals surface area contributed by atoms with E-state index in [0.717, 1.165) is 51.5 Å². The van der Waals surface area contributed by atoms with Crippen LogP contribution >= 0.6 is 0 Å². The fourth-order valence-electron chi connectivity index (χ4n) is 3.27. The fourth-order valence-corrected chi connectivity index (χ4v) is 3.27. The smallest absolute Gasteiger partial charge is 0.222 e. The molecule has 1 aliphatic rings. The number of rotatable bonds is 14. The minimum Gasteiger partial charge on any atom is -0.391 e. The van der Waals surface area contributed by atoms with Crippen LogP contribution in [0.3, 0.4) is 0 Å². The summed E-state index contributed by atoms with van der Waals surface area (Å²) >= 11 is 0. The largest absolute Gasteiger partial charge is 0.391 e. The van der Waals surface area contributed by atoms with Crippen molar-refractivity contribution in [3.63, 3.8) is 0 Å². The molecule has 0 radical (unpaired) electrons. The lowest BCUT2D eigenvalue weighted by Gasteiger charge is -2.30. The van der Waals surface area contributed by atoms with Crippen molar-refractivity contribution in [3.8, 4) is 0 Å². The number of aliphatic hydroxyl groups excluding tert-OH is 1. The van der Waals surface area contributed by atoms with Gasteiger partial charge in [0.2, 0.25) is 5.91 Å². The first-order chi connectivity index (χ1) is 13.7. The molecule has 0 bridgehead atoms. The van der Waals surface area contributed by atoms with Gasteiger partial charge in [-0.1, -0.05) is 68.4 Å².